The third-order valence-electron chi connectivity index (χ3n) is 1.88. The maximum Gasteiger partial charge on any atom is 0.130 e. The summed E-state index contributed by atoms with van der Waals surface area (Å²) in [5.74, 6) is 0.0173. The van der Waals surface area contributed by atoms with E-state index in [1.165, 1.54) is 13.2 Å². The lowest BCUT2D eigenvalue weighted by Crippen LogP contribution is -1.94. The topological polar surface area (TPSA) is 58.0 Å². The van der Waals surface area contributed by atoms with E-state index >= 15 is 0 Å². The number of nitrogens with zero attached hydrogens (tertiary/aromatic N) is 3. The van der Waals surface area contributed by atoms with Gasteiger partial charge >= 0.3 is 0 Å². The number of methoxy groups -OCH3 is 1. The molecule has 1 rings (SSSR count). The van der Waals surface area contributed by atoms with Crippen LogP contribution in [0.15, 0.2) is 23.3 Å². The van der Waals surface area contributed by atoms with Crippen LogP contribution in [0.25, 0.3) is 10.4 Å². The summed E-state index contributed by atoms with van der Waals surface area (Å²) in [4.78, 5) is 2.62. The van der Waals surface area contributed by atoms with Gasteiger partial charge in [0.05, 0.1) is 13.2 Å². The normalized spacial score (nSPS) is 11.6. The number of hydrogen-bond donors (Lipinski definition) is 0. The van der Waals surface area contributed by atoms with Gasteiger partial charge in [-0.1, -0.05) is 18.1 Å². The molecule has 5 heteroatoms. The maximum absolute atomic E-state index is 13.3. The van der Waals surface area contributed by atoms with Gasteiger partial charge in [-0.3, -0.25) is 0 Å². The Morgan fingerprint density at radius 1 is 1.57 bits per heavy atom. The van der Waals surface area contributed by atoms with Crippen LogP contribution in [0.1, 0.15) is 18.5 Å². The van der Waals surface area contributed by atoms with Gasteiger partial charge in [0.1, 0.15) is 11.6 Å². The molecule has 1 aromatic carbocycles. The molecule has 0 aromatic heterocycles. The second-order valence-electron chi connectivity index (χ2n) is 2.77. The zero-order chi connectivity index (χ0) is 10.6. The highest BCUT2D eigenvalue weighted by atomic mass is 19.1. The van der Waals surface area contributed by atoms with E-state index in [0.717, 1.165) is 0 Å². The number of halogens is 1. The third-order valence-corrected chi connectivity index (χ3v) is 1.88. The number of azide groups is 1. The summed E-state index contributed by atoms with van der Waals surface area (Å²) < 4.78 is 18.2. The monoisotopic (exact) mass is 195 g/mol. The van der Waals surface area contributed by atoms with Gasteiger partial charge in [-0.25, -0.2) is 4.39 Å². The number of benzene rings is 1. The van der Waals surface area contributed by atoms with Crippen molar-refractivity contribution in [2.75, 3.05) is 7.11 Å². The Labute approximate surface area is 80.9 Å². The van der Waals surface area contributed by atoms with E-state index in [4.69, 9.17) is 10.3 Å². The van der Waals surface area contributed by atoms with E-state index in [2.05, 4.69) is 10.0 Å². The summed E-state index contributed by atoms with van der Waals surface area (Å²) in [5.41, 5.74) is 8.57. The Bertz CT molecular complexity index is 374. The van der Waals surface area contributed by atoms with Crippen LogP contribution in [0.5, 0.6) is 5.75 Å². The highest BCUT2D eigenvalue weighted by Gasteiger charge is 2.09. The first-order chi connectivity index (χ1) is 6.69. The van der Waals surface area contributed by atoms with Gasteiger partial charge in [-0.05, 0) is 17.2 Å². The molecule has 0 spiro atoms. The lowest BCUT2D eigenvalue weighted by Gasteiger charge is -2.07. The molecule has 0 N–H and O–H groups in total. The van der Waals surface area contributed by atoms with Gasteiger partial charge in [0.15, 0.2) is 0 Å². The third kappa shape index (κ3) is 2.14. The summed E-state index contributed by atoms with van der Waals surface area (Å²) in [6.07, 6.45) is 0. The molecule has 1 unspecified atom stereocenters. The molecule has 0 saturated heterocycles. The molecular weight excluding hydrogens is 185 g/mol. The quantitative estimate of drug-likeness (QED) is 0.415. The van der Waals surface area contributed by atoms with E-state index in [1.54, 1.807) is 19.1 Å². The Kier molecular flexibility index (Phi) is 3.31. The zero-order valence-electron chi connectivity index (χ0n) is 7.94. The summed E-state index contributed by atoms with van der Waals surface area (Å²) in [6, 6.07) is 3.93. The lowest BCUT2D eigenvalue weighted by molar-refractivity contribution is 0.410. The van der Waals surface area contributed by atoms with Crippen molar-refractivity contribution in [1.29, 1.82) is 0 Å². The van der Waals surface area contributed by atoms with Gasteiger partial charge < -0.3 is 4.74 Å². The van der Waals surface area contributed by atoms with Gasteiger partial charge in [-0.2, -0.15) is 0 Å². The van der Waals surface area contributed by atoms with E-state index in [-0.39, 0.29) is 0 Å². The van der Waals surface area contributed by atoms with Crippen molar-refractivity contribution in [3.63, 3.8) is 0 Å². The van der Waals surface area contributed by atoms with Gasteiger partial charge in [0.25, 0.3) is 0 Å². The molecule has 0 heterocycles. The summed E-state index contributed by atoms with van der Waals surface area (Å²) in [5, 5.41) is 3.41. The lowest BCUT2D eigenvalue weighted by atomic mass is 10.1. The smallest absolute Gasteiger partial charge is 0.130 e. The molecule has 0 radical (unpaired) electrons. The van der Waals surface area contributed by atoms with Crippen LogP contribution in [0.4, 0.5) is 4.39 Å². The van der Waals surface area contributed by atoms with Crippen molar-refractivity contribution in [1.82, 2.24) is 0 Å². The number of rotatable bonds is 3. The average Bonchev–Trinajstić information content (AvgIpc) is 2.17. The molecule has 0 bridgehead atoms. The molecule has 1 atom stereocenters. The molecule has 74 valence electrons. The summed E-state index contributed by atoms with van der Waals surface area (Å²) in [7, 11) is 1.46. The van der Waals surface area contributed by atoms with Crippen LogP contribution in [-0.2, 0) is 0 Å². The highest BCUT2D eigenvalue weighted by molar-refractivity contribution is 5.30. The number of hydrogen-bond acceptors (Lipinski definition) is 2. The van der Waals surface area contributed by atoms with Crippen LogP contribution in [0.2, 0.25) is 0 Å². The van der Waals surface area contributed by atoms with Crippen molar-refractivity contribution in [3.05, 3.63) is 40.0 Å². The standard InChI is InChI=1S/C9H10FN3O/c1-6(12-13-11)8-4-3-7(14-2)5-9(8)10/h3-6H,1-2H3. The molecular formula is C9H10FN3O. The molecule has 0 aliphatic rings. The Balaban J connectivity index is 3.05. The van der Waals surface area contributed by atoms with Gasteiger partial charge in [0, 0.05) is 11.0 Å². The van der Waals surface area contributed by atoms with Crippen molar-refractivity contribution in [2.24, 2.45) is 5.11 Å². The molecule has 0 amide bonds. The molecule has 0 aliphatic heterocycles. The zero-order valence-corrected chi connectivity index (χ0v) is 7.94. The fraction of sp³-hybridized carbons (Fsp3) is 0.333. The van der Waals surface area contributed by atoms with E-state index in [9.17, 15) is 4.39 Å². The van der Waals surface area contributed by atoms with Crippen LogP contribution in [0.3, 0.4) is 0 Å². The molecule has 0 saturated carbocycles. The largest absolute Gasteiger partial charge is 0.497 e. The van der Waals surface area contributed by atoms with Crippen LogP contribution in [0, 0.1) is 5.82 Å². The molecule has 0 fully saturated rings. The van der Waals surface area contributed by atoms with Crippen molar-refractivity contribution < 1.29 is 9.13 Å². The first-order valence-corrected chi connectivity index (χ1v) is 4.06. The van der Waals surface area contributed by atoms with Crippen molar-refractivity contribution in [2.45, 2.75) is 13.0 Å². The predicted molar refractivity (Wildman–Crippen MR) is 50.5 cm³/mol. The minimum absolute atomic E-state index is 0.364. The average molecular weight is 195 g/mol. The van der Waals surface area contributed by atoms with Crippen molar-refractivity contribution >= 4 is 0 Å². The van der Waals surface area contributed by atoms with Crippen LogP contribution in [-0.4, -0.2) is 7.11 Å². The van der Waals surface area contributed by atoms with Gasteiger partial charge in [-0.15, -0.1) is 0 Å². The van der Waals surface area contributed by atoms with Crippen LogP contribution >= 0.6 is 0 Å². The van der Waals surface area contributed by atoms with Crippen molar-refractivity contribution in [3.8, 4) is 5.75 Å². The molecule has 0 aliphatic carbocycles. The van der Waals surface area contributed by atoms with E-state index in [0.29, 0.717) is 11.3 Å². The second-order valence-corrected chi connectivity index (χ2v) is 2.77. The Hall–Kier alpha value is -1.74. The van der Waals surface area contributed by atoms with Crippen LogP contribution < -0.4 is 4.74 Å². The fourth-order valence-electron chi connectivity index (χ4n) is 1.11. The fourth-order valence-corrected chi connectivity index (χ4v) is 1.11. The first-order valence-electron chi connectivity index (χ1n) is 4.06. The van der Waals surface area contributed by atoms with E-state index in [1.807, 2.05) is 0 Å². The second kappa shape index (κ2) is 4.48. The highest BCUT2D eigenvalue weighted by Crippen LogP contribution is 2.23. The minimum atomic E-state index is -0.508. The predicted octanol–water partition coefficient (Wildman–Crippen LogP) is 3.21. The van der Waals surface area contributed by atoms with E-state index < -0.39 is 11.9 Å². The Morgan fingerprint density at radius 3 is 2.79 bits per heavy atom. The molecule has 4 nitrogen and oxygen atoms in total. The van der Waals surface area contributed by atoms with Gasteiger partial charge in [0.2, 0.25) is 0 Å². The first kappa shape index (κ1) is 10.3. The minimum Gasteiger partial charge on any atom is -0.497 e. The summed E-state index contributed by atoms with van der Waals surface area (Å²) >= 11 is 0. The summed E-state index contributed by atoms with van der Waals surface area (Å²) in [6.45, 7) is 1.63. The maximum atomic E-state index is 13.3. The molecule has 14 heavy (non-hydrogen) atoms. The SMILES string of the molecule is COc1ccc(C(C)N=[N+]=[N-])c(F)c1. The molecule has 1 aromatic rings. The number of ether oxygens (including phenoxy) is 1. The Morgan fingerprint density at radius 2 is 2.29 bits per heavy atom.